The van der Waals surface area contributed by atoms with E-state index in [2.05, 4.69) is 5.32 Å². The molecule has 7 heteroatoms. The standard InChI is InChI=1S/C19H20ClN3O2S/c1-22(18(24)14-2-4-15(20)5-3-14)17-8-6-16(7-9-17)21-19(25)23-10-12-26-13-11-23/h2-9H,10-13H2,1H3,(H,21,25). The number of halogens is 1. The van der Waals surface area contributed by atoms with E-state index in [1.165, 1.54) is 0 Å². The van der Waals surface area contributed by atoms with Crippen molar-refractivity contribution in [3.8, 4) is 0 Å². The molecule has 1 aliphatic heterocycles. The highest BCUT2D eigenvalue weighted by atomic mass is 35.5. The minimum absolute atomic E-state index is 0.0800. The molecule has 3 rings (SSSR count). The number of carbonyl (C=O) groups excluding carboxylic acids is 2. The smallest absolute Gasteiger partial charge is 0.321 e. The summed E-state index contributed by atoms with van der Waals surface area (Å²) in [4.78, 5) is 28.2. The monoisotopic (exact) mass is 389 g/mol. The van der Waals surface area contributed by atoms with E-state index in [1.54, 1.807) is 48.3 Å². The van der Waals surface area contributed by atoms with E-state index < -0.39 is 0 Å². The number of carbonyl (C=O) groups is 2. The zero-order chi connectivity index (χ0) is 18.5. The molecule has 0 spiro atoms. The Balaban J connectivity index is 1.63. The zero-order valence-electron chi connectivity index (χ0n) is 14.4. The van der Waals surface area contributed by atoms with Gasteiger partial charge in [-0.25, -0.2) is 4.79 Å². The van der Waals surface area contributed by atoms with Crippen LogP contribution in [0.3, 0.4) is 0 Å². The maximum absolute atomic E-state index is 12.5. The molecule has 0 aliphatic carbocycles. The number of amides is 3. The Bertz CT molecular complexity index is 774. The second kappa shape index (κ2) is 8.47. The predicted octanol–water partition coefficient (Wildman–Crippen LogP) is 4.20. The lowest BCUT2D eigenvalue weighted by Gasteiger charge is -2.26. The Labute approximate surface area is 162 Å². The van der Waals surface area contributed by atoms with Gasteiger partial charge in [-0.15, -0.1) is 0 Å². The highest BCUT2D eigenvalue weighted by Crippen LogP contribution is 2.20. The summed E-state index contributed by atoms with van der Waals surface area (Å²) in [5.41, 5.74) is 2.03. The van der Waals surface area contributed by atoms with Crippen LogP contribution in [0.25, 0.3) is 0 Å². The van der Waals surface area contributed by atoms with Gasteiger partial charge in [-0.05, 0) is 48.5 Å². The van der Waals surface area contributed by atoms with Gasteiger partial charge >= 0.3 is 6.03 Å². The molecule has 5 nitrogen and oxygen atoms in total. The quantitative estimate of drug-likeness (QED) is 0.856. The third-order valence-electron chi connectivity index (χ3n) is 4.20. The summed E-state index contributed by atoms with van der Waals surface area (Å²) in [6.45, 7) is 1.54. The number of nitrogens with zero attached hydrogens (tertiary/aromatic N) is 2. The second-order valence-electron chi connectivity index (χ2n) is 5.95. The number of hydrogen-bond donors (Lipinski definition) is 1. The molecule has 1 N–H and O–H groups in total. The molecule has 1 heterocycles. The van der Waals surface area contributed by atoms with Crippen LogP contribution in [0, 0.1) is 0 Å². The lowest BCUT2D eigenvalue weighted by atomic mass is 10.2. The van der Waals surface area contributed by atoms with E-state index in [0.29, 0.717) is 16.3 Å². The van der Waals surface area contributed by atoms with E-state index in [4.69, 9.17) is 11.6 Å². The number of rotatable bonds is 3. The maximum Gasteiger partial charge on any atom is 0.321 e. The summed E-state index contributed by atoms with van der Waals surface area (Å²) in [6.07, 6.45) is 0. The third-order valence-corrected chi connectivity index (χ3v) is 5.39. The minimum atomic E-state index is -0.121. The van der Waals surface area contributed by atoms with E-state index >= 15 is 0 Å². The topological polar surface area (TPSA) is 52.7 Å². The molecule has 0 bridgehead atoms. The van der Waals surface area contributed by atoms with Crippen LogP contribution in [0.15, 0.2) is 48.5 Å². The first-order valence-electron chi connectivity index (χ1n) is 8.32. The lowest BCUT2D eigenvalue weighted by Crippen LogP contribution is -2.40. The summed E-state index contributed by atoms with van der Waals surface area (Å²) < 4.78 is 0. The van der Waals surface area contributed by atoms with Crippen LogP contribution in [0.4, 0.5) is 16.2 Å². The average molecular weight is 390 g/mol. The van der Waals surface area contributed by atoms with Crippen molar-refractivity contribution >= 4 is 46.7 Å². The van der Waals surface area contributed by atoms with Gasteiger partial charge in [0.2, 0.25) is 0 Å². The summed E-state index contributed by atoms with van der Waals surface area (Å²) >= 11 is 7.73. The van der Waals surface area contributed by atoms with E-state index in [9.17, 15) is 9.59 Å². The number of benzene rings is 2. The van der Waals surface area contributed by atoms with Gasteiger partial charge in [0.1, 0.15) is 0 Å². The van der Waals surface area contributed by atoms with Gasteiger partial charge in [0.25, 0.3) is 5.91 Å². The molecule has 1 aliphatic rings. The highest BCUT2D eigenvalue weighted by molar-refractivity contribution is 7.99. The summed E-state index contributed by atoms with van der Waals surface area (Å²) in [5.74, 6) is 1.83. The highest BCUT2D eigenvalue weighted by Gasteiger charge is 2.17. The van der Waals surface area contributed by atoms with Crippen molar-refractivity contribution < 1.29 is 9.59 Å². The van der Waals surface area contributed by atoms with Crippen LogP contribution < -0.4 is 10.2 Å². The van der Waals surface area contributed by atoms with Crippen LogP contribution in [-0.2, 0) is 0 Å². The minimum Gasteiger partial charge on any atom is -0.323 e. The zero-order valence-corrected chi connectivity index (χ0v) is 16.0. The van der Waals surface area contributed by atoms with Crippen LogP contribution in [-0.4, -0.2) is 48.5 Å². The van der Waals surface area contributed by atoms with Crippen LogP contribution >= 0.6 is 23.4 Å². The first kappa shape index (κ1) is 18.6. The fraction of sp³-hybridized carbons (Fsp3) is 0.263. The fourth-order valence-corrected chi connectivity index (χ4v) is 3.67. The summed E-state index contributed by atoms with van der Waals surface area (Å²) in [7, 11) is 1.72. The van der Waals surface area contributed by atoms with Crippen LogP contribution in [0.2, 0.25) is 5.02 Å². The molecule has 0 unspecified atom stereocenters. The second-order valence-corrected chi connectivity index (χ2v) is 7.61. The first-order chi connectivity index (χ1) is 12.5. The molecule has 2 aromatic carbocycles. The van der Waals surface area contributed by atoms with Gasteiger partial charge in [0, 0.05) is 53.6 Å². The Morgan fingerprint density at radius 2 is 1.65 bits per heavy atom. The van der Waals surface area contributed by atoms with E-state index in [-0.39, 0.29) is 11.9 Å². The van der Waals surface area contributed by atoms with Gasteiger partial charge < -0.3 is 15.1 Å². The Kier molecular flexibility index (Phi) is 6.06. The molecular weight excluding hydrogens is 370 g/mol. The largest absolute Gasteiger partial charge is 0.323 e. The normalized spacial score (nSPS) is 14.0. The molecule has 0 saturated carbocycles. The van der Waals surface area contributed by atoms with Gasteiger partial charge in [0.05, 0.1) is 0 Å². The van der Waals surface area contributed by atoms with Crippen molar-refractivity contribution in [3.05, 3.63) is 59.1 Å². The van der Waals surface area contributed by atoms with Gasteiger partial charge in [-0.2, -0.15) is 11.8 Å². The number of urea groups is 1. The number of thioether (sulfide) groups is 1. The van der Waals surface area contributed by atoms with Crippen molar-refractivity contribution in [3.63, 3.8) is 0 Å². The van der Waals surface area contributed by atoms with Crippen LogP contribution in [0.5, 0.6) is 0 Å². The average Bonchev–Trinajstić information content (AvgIpc) is 2.69. The molecule has 0 atom stereocenters. The fourth-order valence-electron chi connectivity index (χ4n) is 2.64. The summed E-state index contributed by atoms with van der Waals surface area (Å²) in [5, 5.41) is 3.50. The maximum atomic E-state index is 12.5. The molecular formula is C19H20ClN3O2S. The van der Waals surface area contributed by atoms with Crippen molar-refractivity contribution in [2.45, 2.75) is 0 Å². The number of hydrogen-bond acceptors (Lipinski definition) is 3. The van der Waals surface area contributed by atoms with E-state index in [1.807, 2.05) is 28.8 Å². The van der Waals surface area contributed by atoms with Crippen molar-refractivity contribution in [2.75, 3.05) is 41.9 Å². The molecule has 1 saturated heterocycles. The number of nitrogens with one attached hydrogen (secondary N) is 1. The van der Waals surface area contributed by atoms with Crippen molar-refractivity contribution in [2.24, 2.45) is 0 Å². The van der Waals surface area contributed by atoms with Crippen LogP contribution in [0.1, 0.15) is 10.4 Å². The molecule has 1 fully saturated rings. The molecule has 0 radical (unpaired) electrons. The number of anilines is 2. The molecule has 136 valence electrons. The molecule has 3 amide bonds. The molecule has 26 heavy (non-hydrogen) atoms. The Hall–Kier alpha value is -2.18. The van der Waals surface area contributed by atoms with Crippen molar-refractivity contribution in [1.82, 2.24) is 4.90 Å². The van der Waals surface area contributed by atoms with E-state index in [0.717, 1.165) is 30.3 Å². The summed E-state index contributed by atoms with van der Waals surface area (Å²) in [6, 6.07) is 13.9. The van der Waals surface area contributed by atoms with Gasteiger partial charge in [-0.3, -0.25) is 4.79 Å². The van der Waals surface area contributed by atoms with Gasteiger partial charge in [-0.1, -0.05) is 11.6 Å². The van der Waals surface area contributed by atoms with Gasteiger partial charge in [0.15, 0.2) is 0 Å². The molecule has 2 aromatic rings. The third kappa shape index (κ3) is 4.51. The first-order valence-corrected chi connectivity index (χ1v) is 9.85. The molecule has 0 aromatic heterocycles. The Morgan fingerprint density at radius 1 is 1.04 bits per heavy atom. The lowest BCUT2D eigenvalue weighted by molar-refractivity contribution is 0.0993. The predicted molar refractivity (Wildman–Crippen MR) is 109 cm³/mol. The Morgan fingerprint density at radius 3 is 2.27 bits per heavy atom. The van der Waals surface area contributed by atoms with Crippen molar-refractivity contribution in [1.29, 1.82) is 0 Å². The SMILES string of the molecule is CN(C(=O)c1ccc(Cl)cc1)c1ccc(NC(=O)N2CCSCC2)cc1.